The molecule has 34 heavy (non-hydrogen) atoms. The van der Waals surface area contributed by atoms with Crippen molar-refractivity contribution in [1.82, 2.24) is 0 Å². The lowest BCUT2D eigenvalue weighted by Crippen LogP contribution is -2.18. The molecule has 0 aromatic heterocycles. The van der Waals surface area contributed by atoms with Gasteiger partial charge >= 0.3 is 7.82 Å². The predicted molar refractivity (Wildman–Crippen MR) is 134 cm³/mol. The summed E-state index contributed by atoms with van der Waals surface area (Å²) >= 11 is 0. The van der Waals surface area contributed by atoms with Gasteiger partial charge in [-0.25, -0.2) is 9.09 Å². The number of ether oxygens (including phenoxy) is 1. The van der Waals surface area contributed by atoms with Crippen molar-refractivity contribution < 1.29 is 22.9 Å². The van der Waals surface area contributed by atoms with E-state index in [0.29, 0.717) is 17.2 Å². The van der Waals surface area contributed by atoms with Crippen molar-refractivity contribution >= 4 is 29.4 Å². The van der Waals surface area contributed by atoms with E-state index in [1.165, 1.54) is 0 Å². The highest BCUT2D eigenvalue weighted by Crippen LogP contribution is 2.53. The summed E-state index contributed by atoms with van der Waals surface area (Å²) in [4.78, 5) is 0. The van der Waals surface area contributed by atoms with Gasteiger partial charge in [0.15, 0.2) is 0 Å². The van der Waals surface area contributed by atoms with Gasteiger partial charge in [0.05, 0.1) is 0 Å². The fraction of sp³-hybridized carbons (Fsp3) is 0.0714. The van der Waals surface area contributed by atoms with Crippen molar-refractivity contribution in [3.05, 3.63) is 115 Å². The summed E-state index contributed by atoms with van der Waals surface area (Å²) in [5.41, 5.74) is 0. The highest BCUT2D eigenvalue weighted by atomic mass is 31.2. The highest BCUT2D eigenvalue weighted by Gasteiger charge is 2.35. The number of fused-ring (bicyclic) bond motifs is 2. The number of phosphoric ester groups is 1. The zero-order valence-electron chi connectivity index (χ0n) is 18.5. The molecule has 0 bridgehead atoms. The first-order valence-electron chi connectivity index (χ1n) is 10.9. The maximum Gasteiger partial charge on any atom is 0.590 e. The molecule has 0 N–H and O–H groups in total. The van der Waals surface area contributed by atoms with Gasteiger partial charge in [0.2, 0.25) is 6.29 Å². The lowest BCUT2D eigenvalue weighted by molar-refractivity contribution is 0.00316. The summed E-state index contributed by atoms with van der Waals surface area (Å²) in [5, 5.41) is 3.49. The van der Waals surface area contributed by atoms with Crippen LogP contribution >= 0.6 is 7.82 Å². The smallest absolute Gasteiger partial charge is 0.465 e. The SMILES string of the molecule is CC(Oc1ccccc1)OP(=O)(Oc1cccc2ccccc12)Oc1cccc2ccccc12. The molecular weight excluding hydrogens is 447 g/mol. The fourth-order valence-corrected chi connectivity index (χ4v) is 5.08. The molecule has 0 aliphatic heterocycles. The molecule has 0 radical (unpaired) electrons. The van der Waals surface area contributed by atoms with Crippen LogP contribution in [0.1, 0.15) is 6.92 Å². The zero-order chi connectivity index (χ0) is 23.4. The first-order valence-corrected chi connectivity index (χ1v) is 12.4. The van der Waals surface area contributed by atoms with Crippen LogP contribution in [0.15, 0.2) is 115 Å². The molecule has 6 heteroatoms. The summed E-state index contributed by atoms with van der Waals surface area (Å²) in [7, 11) is -4.19. The molecule has 0 saturated heterocycles. The molecule has 5 nitrogen and oxygen atoms in total. The van der Waals surface area contributed by atoms with Crippen molar-refractivity contribution in [3.8, 4) is 17.2 Å². The Morgan fingerprint density at radius 3 is 1.62 bits per heavy atom. The number of hydrogen-bond donors (Lipinski definition) is 0. The lowest BCUT2D eigenvalue weighted by Gasteiger charge is -2.24. The van der Waals surface area contributed by atoms with E-state index in [-0.39, 0.29) is 0 Å². The predicted octanol–water partition coefficient (Wildman–Crippen LogP) is 8.00. The lowest BCUT2D eigenvalue weighted by atomic mass is 10.1. The molecule has 5 aromatic rings. The van der Waals surface area contributed by atoms with Gasteiger partial charge in [-0.2, -0.15) is 0 Å². The molecule has 1 atom stereocenters. The average molecular weight is 470 g/mol. The van der Waals surface area contributed by atoms with Gasteiger partial charge in [-0.15, -0.1) is 0 Å². The van der Waals surface area contributed by atoms with E-state index in [1.54, 1.807) is 31.2 Å². The van der Waals surface area contributed by atoms with Gasteiger partial charge in [0, 0.05) is 10.8 Å². The Hall–Kier alpha value is -3.79. The van der Waals surface area contributed by atoms with Crippen LogP contribution in [-0.4, -0.2) is 6.29 Å². The average Bonchev–Trinajstić information content (AvgIpc) is 2.85. The minimum absolute atomic E-state index is 0.397. The summed E-state index contributed by atoms with van der Waals surface area (Å²) in [6, 6.07) is 35.6. The quantitative estimate of drug-likeness (QED) is 0.170. The molecule has 1 unspecified atom stereocenters. The summed E-state index contributed by atoms with van der Waals surface area (Å²) in [6.45, 7) is 1.65. The van der Waals surface area contributed by atoms with E-state index in [1.807, 2.05) is 91.0 Å². The monoisotopic (exact) mass is 470 g/mol. The molecule has 5 aromatic carbocycles. The van der Waals surface area contributed by atoms with Gasteiger partial charge in [-0.1, -0.05) is 91.0 Å². The van der Waals surface area contributed by atoms with Gasteiger partial charge in [-0.3, -0.25) is 0 Å². The zero-order valence-corrected chi connectivity index (χ0v) is 19.4. The molecule has 5 rings (SSSR count). The molecule has 0 heterocycles. The minimum atomic E-state index is -4.19. The number of hydrogen-bond acceptors (Lipinski definition) is 5. The van der Waals surface area contributed by atoms with Crippen molar-refractivity contribution in [2.24, 2.45) is 0 Å². The Kier molecular flexibility index (Phi) is 6.22. The highest BCUT2D eigenvalue weighted by molar-refractivity contribution is 7.49. The Labute approximate surface area is 198 Å². The van der Waals surface area contributed by atoms with E-state index >= 15 is 0 Å². The first-order chi connectivity index (χ1) is 16.6. The number of rotatable bonds is 8. The topological polar surface area (TPSA) is 54.0 Å². The molecule has 0 aliphatic rings. The molecule has 0 saturated carbocycles. The third-order valence-electron chi connectivity index (χ3n) is 5.24. The molecular formula is C28H23O5P. The summed E-state index contributed by atoms with van der Waals surface area (Å²) in [6.07, 6.45) is -0.904. The van der Waals surface area contributed by atoms with Crippen molar-refractivity contribution in [2.45, 2.75) is 13.2 Å². The number of para-hydroxylation sites is 1. The van der Waals surface area contributed by atoms with E-state index in [2.05, 4.69) is 0 Å². The molecule has 170 valence electrons. The van der Waals surface area contributed by atoms with Crippen molar-refractivity contribution in [2.75, 3.05) is 0 Å². The van der Waals surface area contributed by atoms with Crippen LogP contribution < -0.4 is 13.8 Å². The van der Waals surface area contributed by atoms with Gasteiger partial charge in [0.25, 0.3) is 0 Å². The van der Waals surface area contributed by atoms with Crippen LogP contribution in [0.2, 0.25) is 0 Å². The van der Waals surface area contributed by atoms with Gasteiger partial charge in [-0.05, 0) is 42.0 Å². The van der Waals surface area contributed by atoms with Gasteiger partial charge < -0.3 is 13.8 Å². The minimum Gasteiger partial charge on any atom is -0.465 e. The second-order valence-electron chi connectivity index (χ2n) is 7.69. The van der Waals surface area contributed by atoms with Crippen LogP contribution in [0.3, 0.4) is 0 Å². The summed E-state index contributed by atoms with van der Waals surface area (Å²) in [5.74, 6) is 1.37. The molecule has 0 fully saturated rings. The summed E-state index contributed by atoms with van der Waals surface area (Å²) < 4.78 is 37.8. The molecule has 0 aliphatic carbocycles. The van der Waals surface area contributed by atoms with E-state index in [4.69, 9.17) is 18.3 Å². The van der Waals surface area contributed by atoms with E-state index < -0.39 is 14.1 Å². The Morgan fingerprint density at radius 2 is 1.06 bits per heavy atom. The molecule has 0 amide bonds. The fourth-order valence-electron chi connectivity index (χ4n) is 3.75. The number of benzene rings is 5. The Bertz CT molecular complexity index is 1370. The normalized spacial score (nSPS) is 12.4. The maximum atomic E-state index is 14.1. The Balaban J connectivity index is 1.50. The molecule has 0 spiro atoms. The largest absolute Gasteiger partial charge is 0.590 e. The van der Waals surface area contributed by atoms with E-state index in [0.717, 1.165) is 21.5 Å². The van der Waals surface area contributed by atoms with Crippen LogP contribution in [0.5, 0.6) is 17.2 Å². The second-order valence-corrected chi connectivity index (χ2v) is 9.16. The van der Waals surface area contributed by atoms with Crippen LogP contribution in [-0.2, 0) is 9.09 Å². The maximum absolute atomic E-state index is 14.1. The van der Waals surface area contributed by atoms with Gasteiger partial charge in [0.1, 0.15) is 17.2 Å². The Morgan fingerprint density at radius 1 is 0.588 bits per heavy atom. The third kappa shape index (κ3) is 4.91. The van der Waals surface area contributed by atoms with E-state index in [9.17, 15) is 4.57 Å². The number of phosphoric acid groups is 1. The second kappa shape index (κ2) is 9.60. The van der Waals surface area contributed by atoms with Crippen LogP contribution in [0.25, 0.3) is 21.5 Å². The standard InChI is InChI=1S/C28H23O5P/c1-21(30-24-15-3-2-4-16-24)31-34(29,32-27-19-9-13-22-11-5-7-17-25(22)27)33-28-20-10-14-23-12-6-8-18-26(23)28/h2-21H,1H3. The van der Waals surface area contributed by atoms with Crippen molar-refractivity contribution in [1.29, 1.82) is 0 Å². The van der Waals surface area contributed by atoms with Crippen molar-refractivity contribution in [3.63, 3.8) is 0 Å². The van der Waals surface area contributed by atoms with Crippen LogP contribution in [0.4, 0.5) is 0 Å². The third-order valence-corrected chi connectivity index (χ3v) is 6.64. The van der Waals surface area contributed by atoms with Crippen LogP contribution in [0, 0.1) is 0 Å². The first kappa shape index (κ1) is 22.0.